The highest BCUT2D eigenvalue weighted by molar-refractivity contribution is 6.23. The molecule has 8 heterocycles. The molecule has 6 aliphatic heterocycles. The molecule has 17 heteroatoms. The second kappa shape index (κ2) is 18.9. The van der Waals surface area contributed by atoms with Crippen molar-refractivity contribution < 1.29 is 34.2 Å². The Bertz CT molecular complexity index is 2750. The van der Waals surface area contributed by atoms with Gasteiger partial charge in [0.1, 0.15) is 6.04 Å². The summed E-state index contributed by atoms with van der Waals surface area (Å²) < 4.78 is 34.6. The topological polar surface area (TPSA) is 148 Å². The van der Waals surface area contributed by atoms with Crippen LogP contribution in [-0.4, -0.2) is 110 Å². The number of piperidine rings is 1. The fourth-order valence-corrected chi connectivity index (χ4v) is 11.9. The van der Waals surface area contributed by atoms with Crippen molar-refractivity contribution >= 4 is 52.8 Å². The number of hydrogen-bond acceptors (Lipinski definition) is 10. The van der Waals surface area contributed by atoms with Gasteiger partial charge in [-0.2, -0.15) is 5.10 Å². The first-order valence-corrected chi connectivity index (χ1v) is 24.9. The van der Waals surface area contributed by atoms with E-state index in [-0.39, 0.29) is 37.3 Å². The van der Waals surface area contributed by atoms with Crippen molar-refractivity contribution in [3.8, 4) is 11.1 Å². The van der Waals surface area contributed by atoms with Crippen LogP contribution in [0, 0.1) is 5.92 Å². The molecule has 0 radical (unpaired) electrons. The SMILES string of the molecule is CC.CC(=O)N1CCc2c(c(N3CCCc4cc(-c5cn(C)c6c5CNC=C6)c(C(F)F)cc43)nn2C2CCC(CN3CCN(c4ccc5c(c4)C(=O)N(C4CCC(=O)NC4=O)C5=O)CC3)CC2)C1.[HH]. The molecule has 7 aliphatic rings. The number of amides is 5. The van der Waals surface area contributed by atoms with Crippen molar-refractivity contribution in [2.24, 2.45) is 13.0 Å². The first-order valence-electron chi connectivity index (χ1n) is 24.9. The fourth-order valence-electron chi connectivity index (χ4n) is 11.9. The van der Waals surface area contributed by atoms with E-state index in [0.29, 0.717) is 49.6 Å². The number of alkyl halides is 2. The molecule has 3 fully saturated rings. The van der Waals surface area contributed by atoms with Gasteiger partial charge in [0.25, 0.3) is 18.2 Å². The Kier molecular flexibility index (Phi) is 12.7. The number of benzene rings is 2. The van der Waals surface area contributed by atoms with Gasteiger partial charge >= 0.3 is 0 Å². The predicted octanol–water partition coefficient (Wildman–Crippen LogP) is 7.12. The van der Waals surface area contributed by atoms with Crippen molar-refractivity contribution in [3.05, 3.63) is 87.5 Å². The highest BCUT2D eigenvalue weighted by Gasteiger charge is 2.45. The Balaban J connectivity index is 0.00000200. The number of carbonyl (C=O) groups is 5. The molecule has 0 bridgehead atoms. The number of nitrogens with one attached hydrogen (secondary N) is 2. The third-order valence-electron chi connectivity index (χ3n) is 15.5. The Hall–Kier alpha value is -6.36. The summed E-state index contributed by atoms with van der Waals surface area (Å²) in [4.78, 5) is 73.5. The largest absolute Gasteiger partial charge is 0.387 e. The quantitative estimate of drug-likeness (QED) is 0.175. The average molecular weight is 947 g/mol. The lowest BCUT2D eigenvalue weighted by molar-refractivity contribution is -0.136. The lowest BCUT2D eigenvalue weighted by Gasteiger charge is -2.39. The third-order valence-corrected chi connectivity index (χ3v) is 15.5. The van der Waals surface area contributed by atoms with Crippen molar-refractivity contribution in [3.63, 3.8) is 0 Å². The second-order valence-electron chi connectivity index (χ2n) is 19.4. The summed E-state index contributed by atoms with van der Waals surface area (Å²) in [6.07, 6.45) is 9.79. The minimum Gasteiger partial charge on any atom is -0.387 e. The monoisotopic (exact) mass is 947 g/mol. The van der Waals surface area contributed by atoms with Crippen LogP contribution in [0.3, 0.4) is 0 Å². The molecule has 0 spiro atoms. The fraction of sp³-hybridized carbons (Fsp3) is 0.500. The van der Waals surface area contributed by atoms with E-state index in [1.807, 2.05) is 61.0 Å². The van der Waals surface area contributed by atoms with Crippen LogP contribution in [0.15, 0.2) is 42.7 Å². The van der Waals surface area contributed by atoms with E-state index in [2.05, 4.69) is 30.0 Å². The summed E-state index contributed by atoms with van der Waals surface area (Å²) in [5.74, 6) is -0.687. The van der Waals surface area contributed by atoms with E-state index < -0.39 is 36.1 Å². The van der Waals surface area contributed by atoms with Gasteiger partial charge in [0.15, 0.2) is 5.82 Å². The first-order chi connectivity index (χ1) is 33.4. The molecule has 4 aromatic rings. The second-order valence-corrected chi connectivity index (χ2v) is 19.4. The van der Waals surface area contributed by atoms with Crippen LogP contribution in [-0.2, 0) is 47.4 Å². The Labute approximate surface area is 402 Å². The molecule has 69 heavy (non-hydrogen) atoms. The van der Waals surface area contributed by atoms with E-state index in [4.69, 9.17) is 5.10 Å². The summed E-state index contributed by atoms with van der Waals surface area (Å²) in [7, 11) is 1.96. The zero-order chi connectivity index (χ0) is 48.2. The molecule has 1 atom stereocenters. The van der Waals surface area contributed by atoms with E-state index in [0.717, 1.165) is 127 Å². The molecule has 1 saturated carbocycles. The first kappa shape index (κ1) is 46.4. The lowest BCUT2D eigenvalue weighted by Crippen LogP contribution is -2.54. The van der Waals surface area contributed by atoms with Crippen LogP contribution in [0.25, 0.3) is 17.2 Å². The molecular formula is C52H64F2N10O5. The number of halogens is 2. The van der Waals surface area contributed by atoms with E-state index in [1.165, 1.54) is 0 Å². The van der Waals surface area contributed by atoms with Crippen molar-refractivity contribution in [2.75, 3.05) is 55.6 Å². The minimum atomic E-state index is -2.67. The summed E-state index contributed by atoms with van der Waals surface area (Å²) in [6.45, 7) is 12.2. The molecule has 2 saturated heterocycles. The van der Waals surface area contributed by atoms with Gasteiger partial charge in [0, 0.05) is 132 Å². The van der Waals surface area contributed by atoms with Gasteiger partial charge in [-0.3, -0.25) is 43.8 Å². The number of rotatable bonds is 8. The lowest BCUT2D eigenvalue weighted by atomic mass is 9.85. The number of anilines is 3. The van der Waals surface area contributed by atoms with Crippen LogP contribution in [0.1, 0.15) is 134 Å². The molecule has 11 rings (SSSR count). The van der Waals surface area contributed by atoms with Crippen LogP contribution < -0.4 is 20.4 Å². The van der Waals surface area contributed by atoms with Crippen molar-refractivity contribution in [2.45, 2.75) is 110 Å². The third kappa shape index (κ3) is 8.39. The minimum absolute atomic E-state index is 0. The van der Waals surface area contributed by atoms with Crippen molar-refractivity contribution in [1.82, 2.24) is 39.7 Å². The molecule has 5 amide bonds. The smallest absolute Gasteiger partial charge is 0.264 e. The molecule has 1 aliphatic carbocycles. The molecule has 2 aromatic carbocycles. The van der Waals surface area contributed by atoms with Crippen LogP contribution in [0.4, 0.5) is 26.0 Å². The van der Waals surface area contributed by atoms with E-state index >= 15 is 8.78 Å². The molecule has 15 nitrogen and oxygen atoms in total. The van der Waals surface area contributed by atoms with E-state index in [9.17, 15) is 24.0 Å². The van der Waals surface area contributed by atoms with Crippen molar-refractivity contribution in [1.29, 1.82) is 0 Å². The van der Waals surface area contributed by atoms with Crippen LogP contribution >= 0.6 is 0 Å². The number of carbonyl (C=O) groups excluding carboxylic acids is 5. The van der Waals surface area contributed by atoms with E-state index in [1.54, 1.807) is 25.1 Å². The van der Waals surface area contributed by atoms with Crippen LogP contribution in [0.5, 0.6) is 0 Å². The van der Waals surface area contributed by atoms with Gasteiger partial charge in [0.2, 0.25) is 17.7 Å². The van der Waals surface area contributed by atoms with Gasteiger partial charge in [0.05, 0.1) is 23.7 Å². The Morgan fingerprint density at radius 2 is 1.62 bits per heavy atom. The maximum Gasteiger partial charge on any atom is 0.264 e. The number of imide groups is 2. The standard InChI is InChI=1S/C50H56F2N10O5.C2H6.H2/c1-29(63)59-17-14-42-40(28-59)47(60-16-3-4-31-22-35(36(46(51)52)24-44(31)60)39-27-56(2)41-13-15-53-25-38(39)41)55-62(42)32-7-5-30(6-8-32)26-57-18-20-58(21-19-57)33-9-10-34-37(23-33)50(67)61(49(34)66)43-11-12-45(64)54-48(43)65;1-2;/h9-10,13,15,22-24,27,30,32,43,46,53H,3-8,11-12,14,16-21,25-26,28H2,1-2H3,(H,54,64,65);1-2H3;1H. The molecule has 1 unspecified atom stereocenters. The zero-order valence-electron chi connectivity index (χ0n) is 40.0. The number of aryl methyl sites for hydroxylation is 2. The number of fused-ring (bicyclic) bond motifs is 4. The number of aromatic nitrogens is 3. The Morgan fingerprint density at radius 3 is 2.36 bits per heavy atom. The Morgan fingerprint density at radius 1 is 0.855 bits per heavy atom. The summed E-state index contributed by atoms with van der Waals surface area (Å²) in [5, 5.41) is 10.9. The summed E-state index contributed by atoms with van der Waals surface area (Å²) in [6, 6.07) is 8.22. The van der Waals surface area contributed by atoms with Gasteiger partial charge in [-0.25, -0.2) is 8.78 Å². The number of hydrogen-bond donors (Lipinski definition) is 2. The number of piperazine rings is 1. The maximum absolute atomic E-state index is 15.2. The highest BCUT2D eigenvalue weighted by atomic mass is 19.3. The average Bonchev–Trinajstić information content (AvgIpc) is 3.99. The van der Waals surface area contributed by atoms with Gasteiger partial charge in [-0.15, -0.1) is 0 Å². The normalized spacial score (nSPS) is 22.4. The number of nitrogens with zero attached hydrogens (tertiary/aromatic N) is 8. The van der Waals surface area contributed by atoms with Gasteiger partial charge in [-0.05, 0) is 105 Å². The highest BCUT2D eigenvalue weighted by Crippen LogP contribution is 2.46. The zero-order valence-corrected chi connectivity index (χ0v) is 40.0. The maximum atomic E-state index is 15.2. The van der Waals surface area contributed by atoms with Gasteiger partial charge in [-0.1, -0.05) is 13.8 Å². The molecular weight excluding hydrogens is 883 g/mol. The molecule has 2 aromatic heterocycles. The molecule has 366 valence electrons. The van der Waals surface area contributed by atoms with Gasteiger partial charge < -0.3 is 24.6 Å². The molecule has 2 N–H and O–H groups in total. The van der Waals surface area contributed by atoms with Crippen LogP contribution in [0.2, 0.25) is 0 Å². The summed E-state index contributed by atoms with van der Waals surface area (Å²) >= 11 is 0. The predicted molar refractivity (Wildman–Crippen MR) is 260 cm³/mol. The summed E-state index contributed by atoms with van der Waals surface area (Å²) in [5.41, 5.74) is 8.90.